The van der Waals surface area contributed by atoms with Gasteiger partial charge in [0.05, 0.1) is 60.7 Å². The number of nitrogen functional groups attached to an aromatic ring is 1. The summed E-state index contributed by atoms with van der Waals surface area (Å²) in [5.74, 6) is 0.839. The molecule has 0 bridgehead atoms. The maximum absolute atomic E-state index is 13.4. The summed E-state index contributed by atoms with van der Waals surface area (Å²) >= 11 is 20.7. The van der Waals surface area contributed by atoms with Crippen LogP contribution in [0.3, 0.4) is 0 Å². The normalized spacial score (nSPS) is 26.0. The van der Waals surface area contributed by atoms with E-state index in [2.05, 4.69) is 54.6 Å². The van der Waals surface area contributed by atoms with Gasteiger partial charge in [-0.2, -0.15) is 8.42 Å². The molecule has 21 nitrogen and oxygen atoms in total. The molecular formula is C69H113Cl4N9O12S4. The maximum atomic E-state index is 13.4. The highest BCUT2D eigenvalue weighted by Gasteiger charge is 2.44. The minimum Gasteiger partial charge on any atom is -0.504 e. The van der Waals surface area contributed by atoms with Crippen molar-refractivity contribution in [3.05, 3.63) is 63.2 Å². The van der Waals surface area contributed by atoms with Crippen LogP contribution in [0.4, 0.5) is 5.69 Å². The maximum Gasteiger partial charge on any atom is 0.264 e. The molecule has 2 aromatic heterocycles. The molecule has 6 aliphatic rings. The second-order valence-electron chi connectivity index (χ2n) is 30.0. The van der Waals surface area contributed by atoms with Crippen molar-refractivity contribution in [2.45, 2.75) is 253 Å². The van der Waals surface area contributed by atoms with Gasteiger partial charge in [-0.05, 0) is 203 Å². The molecule has 7 N–H and O–H groups in total. The summed E-state index contributed by atoms with van der Waals surface area (Å²) in [6, 6.07) is 11.3. The van der Waals surface area contributed by atoms with Gasteiger partial charge in [0.1, 0.15) is 20.8 Å². The number of benzene rings is 3. The number of hydrogen-bond donors (Lipinski definition) is 5. The summed E-state index contributed by atoms with van der Waals surface area (Å²) in [7, 11) is 9.21. The minimum absolute atomic E-state index is 0. The number of anilines is 1. The van der Waals surface area contributed by atoms with E-state index in [9.17, 15) is 35.5 Å². The quantitative estimate of drug-likeness (QED) is 0.0416. The molecule has 0 aliphatic heterocycles. The van der Waals surface area contributed by atoms with Gasteiger partial charge in [-0.1, -0.05) is 95.6 Å². The first kappa shape index (κ1) is 85.8. The minimum atomic E-state index is -3.72. The van der Waals surface area contributed by atoms with Crippen LogP contribution in [0, 0.1) is 0 Å². The topological polar surface area (TPSA) is 293 Å². The van der Waals surface area contributed by atoms with Gasteiger partial charge in [0.25, 0.3) is 10.1 Å². The van der Waals surface area contributed by atoms with E-state index in [4.69, 9.17) is 64.4 Å². The van der Waals surface area contributed by atoms with E-state index >= 15 is 0 Å². The molecule has 6 fully saturated rings. The molecule has 0 saturated heterocycles. The summed E-state index contributed by atoms with van der Waals surface area (Å²) < 4.78 is 91.4. The number of thioether (sulfide) groups is 1. The second-order valence-corrected chi connectivity index (χ2v) is 38.3. The highest BCUT2D eigenvalue weighted by molar-refractivity contribution is 8.00. The van der Waals surface area contributed by atoms with Crippen LogP contribution >= 0.6 is 59.0 Å². The zero-order valence-electron chi connectivity index (χ0n) is 60.6. The number of fused-ring (bicyclic) bond motifs is 2. The average Bonchev–Trinajstić information content (AvgIpc) is 1.55. The zero-order chi connectivity index (χ0) is 72.6. The molecule has 5 aromatic rings. The molecule has 11 rings (SSSR count). The summed E-state index contributed by atoms with van der Waals surface area (Å²) in [5, 5.41) is 28.7. The Hall–Kier alpha value is -2.80. The van der Waals surface area contributed by atoms with Crippen molar-refractivity contribution in [1.82, 2.24) is 34.5 Å². The number of aliphatic hydroxyl groups is 2. The van der Waals surface area contributed by atoms with E-state index in [0.29, 0.717) is 41.6 Å². The van der Waals surface area contributed by atoms with E-state index in [1.165, 1.54) is 37.8 Å². The molecule has 1 unspecified atom stereocenters. The van der Waals surface area contributed by atoms with Crippen LogP contribution in [0.1, 0.15) is 169 Å². The summed E-state index contributed by atoms with van der Waals surface area (Å²) in [4.78, 5) is 20.4. The van der Waals surface area contributed by atoms with Gasteiger partial charge in [-0.15, -0.1) is 24.2 Å². The van der Waals surface area contributed by atoms with Crippen LogP contribution in [-0.2, 0) is 44.8 Å². The number of rotatable bonds is 13. The van der Waals surface area contributed by atoms with Gasteiger partial charge in [0.15, 0.2) is 36.6 Å². The number of aliphatic hydroxyl groups excluding tert-OH is 2. The molecule has 98 heavy (non-hydrogen) atoms. The average molecular weight is 1530 g/mol. The van der Waals surface area contributed by atoms with Crippen molar-refractivity contribution >= 4 is 117 Å². The number of nitrogens with two attached hydrogens (primary N) is 2. The van der Waals surface area contributed by atoms with E-state index < -0.39 is 46.0 Å². The Kier molecular flexibility index (Phi) is 31.8. The molecule has 0 amide bonds. The highest BCUT2D eigenvalue weighted by atomic mass is 35.5. The molecule has 0 radical (unpaired) electrons. The van der Waals surface area contributed by atoms with Crippen molar-refractivity contribution in [2.75, 3.05) is 82.5 Å². The van der Waals surface area contributed by atoms with Gasteiger partial charge in [-0.3, -0.25) is 4.18 Å². The lowest BCUT2D eigenvalue weighted by Gasteiger charge is -2.26. The molecule has 12 atom stereocenters. The highest BCUT2D eigenvalue weighted by Crippen LogP contribution is 2.46. The van der Waals surface area contributed by atoms with Gasteiger partial charge < -0.3 is 60.1 Å². The van der Waals surface area contributed by atoms with Crippen LogP contribution in [0.2, 0.25) is 15.1 Å². The lowest BCUT2D eigenvalue weighted by Crippen LogP contribution is -2.39. The number of halogens is 4. The molecule has 3 aromatic carbocycles. The van der Waals surface area contributed by atoms with E-state index in [0.717, 1.165) is 110 Å². The van der Waals surface area contributed by atoms with Crippen LogP contribution in [0.25, 0.3) is 22.2 Å². The molecule has 6 aliphatic carbocycles. The molecular weight excluding hydrogens is 1420 g/mol. The third-order valence-corrected chi connectivity index (χ3v) is 27.2. The third kappa shape index (κ3) is 22.1. The van der Waals surface area contributed by atoms with Gasteiger partial charge in [0.2, 0.25) is 11.8 Å². The number of aromatic hydroxyl groups is 1. The van der Waals surface area contributed by atoms with Gasteiger partial charge in [0, 0.05) is 52.3 Å². The third-order valence-electron chi connectivity index (χ3n) is 19.2. The Morgan fingerprint density at radius 1 is 0.520 bits per heavy atom. The predicted molar refractivity (Wildman–Crippen MR) is 402 cm³/mol. The Morgan fingerprint density at radius 2 is 0.918 bits per heavy atom. The Morgan fingerprint density at radius 3 is 1.36 bits per heavy atom. The smallest absolute Gasteiger partial charge is 0.264 e. The molecule has 558 valence electrons. The summed E-state index contributed by atoms with van der Waals surface area (Å²) in [6.07, 6.45) is 18.3. The van der Waals surface area contributed by atoms with E-state index in [1.54, 1.807) is 12.1 Å². The molecule has 0 spiro atoms. The SMILES string of the molecule is CN(C)[C@@H]1CCCC1S(=O)(=O)c1c(Cl)ccc(N)c1O.CN(C)[C@@H]1CCC[C@@H]1S(=O)(=O)c1c(Cl)ccc2nc(C(C)(C)C)oc12.CN(C)[C@@H]1CCC[C@@H]1Sc1c(Cl)ccc2nc(C(C)(C)C)oc12.CN(C)[C@@H]1CCC[C@H]1O.CN(C)[C@@H]1CCC[C@H]1OS(C)(=O)=O.Cl.N[C@@H]1CCC[C@H]1O. The Bertz CT molecular complexity index is 3730. The number of phenols is 1. The van der Waals surface area contributed by atoms with Gasteiger partial charge in [-0.25, -0.2) is 26.8 Å². The standard InChI is InChI=1S/C18H25ClN2O3S.C18H25ClN2OS.C13H19ClN2O3S.C8H17NO3S.C7H15NO.C5H11NO.ClH/c1-18(2,3)17-20-12-10-9-11(19)16(15(12)24-17)25(22,23)14-8-6-7-13(14)21(4)5;1-18(2,3)17-20-12-10-9-11(19)16(15(12)22-17)23-14-8-6-7-13(14)21(4)5;1-16(2)10-4-3-5-11(10)20(18,19)13-8(14)6-7-9(15)12(13)17;1-9(2)7-5-4-6-8(7)12-13(3,10)11;1-8(2)6-4-3-5-7(6)9;6-4-2-1-3-5(4)7;/h9-10,13-14H,6-8H2,1-5H3;9-10,13-14H,6-8H2,1-5H3;6-7,10-11,17H,3-5,15H2,1-2H3;7-8H,4-6H2,1-3H3;6-7,9H,3-5H2,1-2H3;4-5,7H,1-3,6H2;1H/t2*13-,14+;10-,11?;7-,8-;6-,7-;4-,5-;/m111111./s1. The fourth-order valence-corrected chi connectivity index (χ4v) is 21.9. The van der Waals surface area contributed by atoms with Crippen molar-refractivity contribution < 1.29 is 53.6 Å². The monoisotopic (exact) mass is 1530 g/mol. The number of phenolic OH excluding ortho intramolecular Hbond substituents is 1. The fraction of sp³-hybridized carbons (Fsp3) is 0.710. The predicted octanol–water partition coefficient (Wildman–Crippen LogP) is 12.5. The lowest BCUT2D eigenvalue weighted by molar-refractivity contribution is 0.100. The van der Waals surface area contributed by atoms with Gasteiger partial charge >= 0.3 is 0 Å². The number of aromatic nitrogens is 2. The largest absolute Gasteiger partial charge is 0.504 e. The zero-order valence-corrected chi connectivity index (χ0v) is 66.9. The fourth-order valence-electron chi connectivity index (χ4n) is 13.9. The number of oxazole rings is 2. The molecule has 6 saturated carbocycles. The number of hydrogen-bond acceptors (Lipinski definition) is 22. The Balaban J connectivity index is 0.000000222. The lowest BCUT2D eigenvalue weighted by atomic mass is 9.97. The number of sulfone groups is 2. The molecule has 2 heterocycles. The van der Waals surface area contributed by atoms with Crippen molar-refractivity contribution in [3.8, 4) is 5.75 Å². The first-order valence-electron chi connectivity index (χ1n) is 33.9. The van der Waals surface area contributed by atoms with Crippen LogP contribution in [-0.4, -0.2) is 222 Å². The first-order chi connectivity index (χ1) is 45.0. The summed E-state index contributed by atoms with van der Waals surface area (Å²) in [5.41, 5.74) is 13.2. The second kappa shape index (κ2) is 36.3. The van der Waals surface area contributed by atoms with E-state index in [-0.39, 0.29) is 96.8 Å². The number of likely N-dealkylation sites (N-methyl/N-ethyl adjacent to an activating group) is 2. The first-order valence-corrected chi connectivity index (χ1v) is 40.8. The van der Waals surface area contributed by atoms with Crippen LogP contribution in [0.5, 0.6) is 5.75 Å². The van der Waals surface area contributed by atoms with Crippen LogP contribution < -0.4 is 11.5 Å². The van der Waals surface area contributed by atoms with Crippen molar-refractivity contribution in [1.29, 1.82) is 0 Å². The van der Waals surface area contributed by atoms with E-state index in [1.807, 2.05) is 116 Å². The van der Waals surface area contributed by atoms with Crippen molar-refractivity contribution in [3.63, 3.8) is 0 Å². The van der Waals surface area contributed by atoms with Crippen LogP contribution in [0.15, 0.2) is 59.9 Å². The molecule has 29 heteroatoms. The number of nitrogens with zero attached hydrogens (tertiary/aromatic N) is 7. The summed E-state index contributed by atoms with van der Waals surface area (Å²) in [6.45, 7) is 12.3. The Labute approximate surface area is 610 Å². The van der Waals surface area contributed by atoms with Crippen molar-refractivity contribution in [2.24, 2.45) is 5.73 Å².